The van der Waals surface area contributed by atoms with Crippen LogP contribution in [0.15, 0.2) is 24.5 Å². The molecule has 0 aliphatic carbocycles. The van der Waals surface area contributed by atoms with Crippen molar-refractivity contribution in [3.63, 3.8) is 0 Å². The Labute approximate surface area is 116 Å². The third-order valence-electron chi connectivity index (χ3n) is 2.92. The summed E-state index contributed by atoms with van der Waals surface area (Å²) in [6, 6.07) is 3.84. The number of aryl methyl sites for hydroxylation is 2. The van der Waals surface area contributed by atoms with Gasteiger partial charge in [0.2, 0.25) is 0 Å². The number of carbonyl (C=O) groups is 1. The van der Waals surface area contributed by atoms with E-state index in [1.165, 1.54) is 0 Å². The molecule has 0 bridgehead atoms. The van der Waals surface area contributed by atoms with Gasteiger partial charge in [0, 0.05) is 32.5 Å². The highest BCUT2D eigenvalue weighted by Crippen LogP contribution is 2.09. The van der Waals surface area contributed by atoms with Crippen molar-refractivity contribution in [2.75, 3.05) is 13.7 Å². The van der Waals surface area contributed by atoms with Gasteiger partial charge in [-0.1, -0.05) is 11.3 Å². The van der Waals surface area contributed by atoms with Crippen LogP contribution in [-0.2, 0) is 24.1 Å². The van der Waals surface area contributed by atoms with Gasteiger partial charge in [0.15, 0.2) is 5.69 Å². The van der Waals surface area contributed by atoms with E-state index in [0.29, 0.717) is 25.3 Å². The number of carboxylic acids is 1. The minimum Gasteiger partial charge on any atom is -0.476 e. The van der Waals surface area contributed by atoms with Gasteiger partial charge in [-0.05, 0) is 18.1 Å². The second-order valence-corrected chi connectivity index (χ2v) is 4.27. The summed E-state index contributed by atoms with van der Waals surface area (Å²) in [6.45, 7) is 0.992. The van der Waals surface area contributed by atoms with Gasteiger partial charge in [-0.3, -0.25) is 4.98 Å². The number of hydrogen-bond acceptors (Lipinski definition) is 5. The quantitative estimate of drug-likeness (QED) is 0.804. The summed E-state index contributed by atoms with van der Waals surface area (Å²) in [6.07, 6.45) is 4.68. The van der Waals surface area contributed by atoms with Crippen LogP contribution >= 0.6 is 0 Å². The molecule has 7 heteroatoms. The molecule has 2 rings (SSSR count). The fourth-order valence-electron chi connectivity index (χ4n) is 1.91. The normalized spacial score (nSPS) is 10.7. The zero-order chi connectivity index (χ0) is 14.4. The predicted octanol–water partition coefficient (Wildman–Crippen LogP) is 0.803. The van der Waals surface area contributed by atoms with Crippen LogP contribution in [0.25, 0.3) is 0 Å². The molecule has 0 saturated heterocycles. The van der Waals surface area contributed by atoms with Gasteiger partial charge in [0.25, 0.3) is 0 Å². The molecule has 2 aromatic rings. The lowest BCUT2D eigenvalue weighted by molar-refractivity contribution is 0.0688. The molecular weight excluding hydrogens is 260 g/mol. The first-order valence-electron chi connectivity index (χ1n) is 6.26. The minimum atomic E-state index is -1.07. The SMILES string of the molecule is COCCc1c(C(=O)O)nnn1CCc1cccnc1. The number of aromatic carboxylic acids is 1. The van der Waals surface area contributed by atoms with Crippen LogP contribution in [-0.4, -0.2) is 44.8 Å². The highest BCUT2D eigenvalue weighted by molar-refractivity contribution is 5.86. The number of ether oxygens (including phenoxy) is 1. The Morgan fingerprint density at radius 3 is 2.95 bits per heavy atom. The smallest absolute Gasteiger partial charge is 0.358 e. The topological polar surface area (TPSA) is 90.1 Å². The van der Waals surface area contributed by atoms with E-state index in [4.69, 9.17) is 9.84 Å². The predicted molar refractivity (Wildman–Crippen MR) is 70.5 cm³/mol. The van der Waals surface area contributed by atoms with E-state index in [-0.39, 0.29) is 5.69 Å². The molecule has 0 aromatic carbocycles. The number of methoxy groups -OCH3 is 1. The Hall–Kier alpha value is -2.28. The van der Waals surface area contributed by atoms with Gasteiger partial charge >= 0.3 is 5.97 Å². The maximum absolute atomic E-state index is 11.1. The van der Waals surface area contributed by atoms with Crippen LogP contribution < -0.4 is 0 Å². The second kappa shape index (κ2) is 6.76. The van der Waals surface area contributed by atoms with Crippen LogP contribution in [0.1, 0.15) is 21.7 Å². The maximum Gasteiger partial charge on any atom is 0.358 e. The van der Waals surface area contributed by atoms with Gasteiger partial charge in [-0.2, -0.15) is 0 Å². The van der Waals surface area contributed by atoms with E-state index < -0.39 is 5.97 Å². The molecule has 7 nitrogen and oxygen atoms in total. The Morgan fingerprint density at radius 2 is 2.30 bits per heavy atom. The van der Waals surface area contributed by atoms with Gasteiger partial charge in [0.05, 0.1) is 12.3 Å². The van der Waals surface area contributed by atoms with Gasteiger partial charge in [0.1, 0.15) is 0 Å². The van der Waals surface area contributed by atoms with Gasteiger partial charge < -0.3 is 9.84 Å². The van der Waals surface area contributed by atoms with E-state index in [9.17, 15) is 4.79 Å². The number of carboxylic acid groups (broad SMARTS) is 1. The minimum absolute atomic E-state index is 0.00626. The van der Waals surface area contributed by atoms with Crippen molar-refractivity contribution in [3.8, 4) is 0 Å². The van der Waals surface area contributed by atoms with Crippen molar-refractivity contribution in [2.24, 2.45) is 0 Å². The van der Waals surface area contributed by atoms with Crippen molar-refractivity contribution < 1.29 is 14.6 Å². The Bertz CT molecular complexity index is 568. The van der Waals surface area contributed by atoms with Crippen molar-refractivity contribution in [3.05, 3.63) is 41.5 Å². The first-order chi connectivity index (χ1) is 9.72. The lowest BCUT2D eigenvalue weighted by Gasteiger charge is -2.06. The molecule has 0 unspecified atom stereocenters. The van der Waals surface area contributed by atoms with E-state index >= 15 is 0 Å². The molecule has 2 heterocycles. The van der Waals surface area contributed by atoms with Gasteiger partial charge in [-0.25, -0.2) is 9.48 Å². The van der Waals surface area contributed by atoms with E-state index in [1.807, 2.05) is 12.1 Å². The molecule has 20 heavy (non-hydrogen) atoms. The standard InChI is InChI=1S/C13H16N4O3/c1-20-8-5-11-12(13(18)19)15-16-17(11)7-4-10-3-2-6-14-9-10/h2-3,6,9H,4-5,7-8H2,1H3,(H,18,19). The highest BCUT2D eigenvalue weighted by atomic mass is 16.5. The average Bonchev–Trinajstić information content (AvgIpc) is 2.87. The molecule has 0 spiro atoms. The zero-order valence-electron chi connectivity index (χ0n) is 11.2. The molecule has 1 N–H and O–H groups in total. The van der Waals surface area contributed by atoms with Crippen molar-refractivity contribution in [1.29, 1.82) is 0 Å². The highest BCUT2D eigenvalue weighted by Gasteiger charge is 2.18. The third kappa shape index (κ3) is 3.39. The van der Waals surface area contributed by atoms with Crippen molar-refractivity contribution in [2.45, 2.75) is 19.4 Å². The van der Waals surface area contributed by atoms with E-state index in [2.05, 4.69) is 15.3 Å². The summed E-state index contributed by atoms with van der Waals surface area (Å²) >= 11 is 0. The number of pyridine rings is 1. The second-order valence-electron chi connectivity index (χ2n) is 4.27. The number of nitrogens with zero attached hydrogens (tertiary/aromatic N) is 4. The third-order valence-corrected chi connectivity index (χ3v) is 2.92. The summed E-state index contributed by atoms with van der Waals surface area (Å²) in [5, 5.41) is 16.7. The molecule has 0 atom stereocenters. The average molecular weight is 276 g/mol. The fraction of sp³-hybridized carbons (Fsp3) is 0.385. The molecule has 0 fully saturated rings. The van der Waals surface area contributed by atoms with Crippen molar-refractivity contribution >= 4 is 5.97 Å². The van der Waals surface area contributed by atoms with Crippen LogP contribution in [0.3, 0.4) is 0 Å². The molecule has 0 amide bonds. The molecule has 2 aromatic heterocycles. The molecule has 0 radical (unpaired) electrons. The molecular formula is C13H16N4O3. The summed E-state index contributed by atoms with van der Waals surface area (Å²) in [5.74, 6) is -1.07. The lowest BCUT2D eigenvalue weighted by Crippen LogP contribution is -2.12. The van der Waals surface area contributed by atoms with E-state index in [0.717, 1.165) is 12.0 Å². The van der Waals surface area contributed by atoms with Crippen LogP contribution in [0, 0.1) is 0 Å². The lowest BCUT2D eigenvalue weighted by atomic mass is 10.2. The summed E-state index contributed by atoms with van der Waals surface area (Å²) in [7, 11) is 1.57. The Kier molecular flexibility index (Phi) is 4.78. The molecule has 0 saturated carbocycles. The van der Waals surface area contributed by atoms with Crippen LogP contribution in [0.4, 0.5) is 0 Å². The summed E-state index contributed by atoms with van der Waals surface area (Å²) in [5.41, 5.74) is 1.65. The number of rotatable bonds is 7. The van der Waals surface area contributed by atoms with E-state index in [1.54, 1.807) is 24.2 Å². The zero-order valence-corrected chi connectivity index (χ0v) is 11.2. The fourth-order valence-corrected chi connectivity index (χ4v) is 1.91. The van der Waals surface area contributed by atoms with Crippen molar-refractivity contribution in [1.82, 2.24) is 20.0 Å². The number of aromatic nitrogens is 4. The molecule has 106 valence electrons. The first kappa shape index (κ1) is 14.1. The summed E-state index contributed by atoms with van der Waals surface area (Å²) < 4.78 is 6.62. The first-order valence-corrected chi connectivity index (χ1v) is 6.26. The molecule has 0 aliphatic rings. The Morgan fingerprint density at radius 1 is 1.45 bits per heavy atom. The largest absolute Gasteiger partial charge is 0.476 e. The maximum atomic E-state index is 11.1. The van der Waals surface area contributed by atoms with Gasteiger partial charge in [-0.15, -0.1) is 5.10 Å². The van der Waals surface area contributed by atoms with Crippen LogP contribution in [0.2, 0.25) is 0 Å². The monoisotopic (exact) mass is 276 g/mol. The molecule has 0 aliphatic heterocycles. The Balaban J connectivity index is 2.12. The number of hydrogen-bond donors (Lipinski definition) is 1. The summed E-state index contributed by atoms with van der Waals surface area (Å²) in [4.78, 5) is 15.1. The van der Waals surface area contributed by atoms with Crippen LogP contribution in [0.5, 0.6) is 0 Å².